The number of rotatable bonds is 5. The van der Waals surface area contributed by atoms with Crippen LogP contribution in [0.5, 0.6) is 11.5 Å². The number of amides is 1. The molecule has 1 fully saturated rings. The SMILES string of the molecule is C[C@H]1CCCC[C@H]1NC(=O)c1cccc(S(=O)(=O)Nc2ccc3c(c2)OCO3)c1. The van der Waals surface area contributed by atoms with Crippen molar-refractivity contribution >= 4 is 21.6 Å². The molecule has 1 aliphatic heterocycles. The van der Waals surface area contributed by atoms with Crippen molar-refractivity contribution in [1.29, 1.82) is 0 Å². The minimum Gasteiger partial charge on any atom is -0.454 e. The molecule has 0 unspecified atom stereocenters. The molecule has 2 atom stereocenters. The molecular weight excluding hydrogens is 392 g/mol. The highest BCUT2D eigenvalue weighted by atomic mass is 32.2. The largest absolute Gasteiger partial charge is 0.454 e. The molecule has 2 aromatic carbocycles. The van der Waals surface area contributed by atoms with Gasteiger partial charge in [0.05, 0.1) is 10.6 Å². The first kappa shape index (κ1) is 19.6. The minimum absolute atomic E-state index is 0.0273. The number of hydrogen-bond donors (Lipinski definition) is 2. The molecule has 29 heavy (non-hydrogen) atoms. The van der Waals surface area contributed by atoms with Crippen molar-refractivity contribution in [3.8, 4) is 11.5 Å². The Morgan fingerprint density at radius 2 is 1.83 bits per heavy atom. The van der Waals surface area contributed by atoms with Crippen LogP contribution in [-0.4, -0.2) is 27.2 Å². The zero-order valence-corrected chi connectivity index (χ0v) is 17.0. The Morgan fingerprint density at radius 3 is 2.66 bits per heavy atom. The average molecular weight is 416 g/mol. The summed E-state index contributed by atoms with van der Waals surface area (Å²) in [7, 11) is -3.86. The van der Waals surface area contributed by atoms with Crippen LogP contribution in [0.3, 0.4) is 0 Å². The van der Waals surface area contributed by atoms with Crippen LogP contribution in [0, 0.1) is 5.92 Å². The van der Waals surface area contributed by atoms with E-state index in [9.17, 15) is 13.2 Å². The molecule has 0 radical (unpaired) electrons. The molecule has 0 spiro atoms. The third-order valence-corrected chi connectivity index (χ3v) is 6.84. The minimum atomic E-state index is -3.86. The van der Waals surface area contributed by atoms with E-state index in [1.165, 1.54) is 18.6 Å². The molecule has 0 bridgehead atoms. The lowest BCUT2D eigenvalue weighted by atomic mass is 9.86. The molecule has 0 saturated heterocycles. The van der Waals surface area contributed by atoms with Gasteiger partial charge in [-0.05, 0) is 49.1 Å². The lowest BCUT2D eigenvalue weighted by Gasteiger charge is -2.29. The van der Waals surface area contributed by atoms with E-state index < -0.39 is 10.0 Å². The van der Waals surface area contributed by atoms with E-state index in [-0.39, 0.29) is 23.6 Å². The number of hydrogen-bond acceptors (Lipinski definition) is 5. The number of nitrogens with one attached hydrogen (secondary N) is 2. The van der Waals surface area contributed by atoms with Crippen molar-refractivity contribution in [1.82, 2.24) is 5.32 Å². The zero-order chi connectivity index (χ0) is 20.4. The van der Waals surface area contributed by atoms with Gasteiger partial charge in [-0.15, -0.1) is 0 Å². The maximum absolute atomic E-state index is 12.8. The van der Waals surface area contributed by atoms with Crippen LogP contribution in [0.2, 0.25) is 0 Å². The summed E-state index contributed by atoms with van der Waals surface area (Å²) < 4.78 is 38.6. The monoisotopic (exact) mass is 416 g/mol. The Kier molecular flexibility index (Phi) is 5.36. The van der Waals surface area contributed by atoms with Gasteiger partial charge < -0.3 is 14.8 Å². The number of carbonyl (C=O) groups excluding carboxylic acids is 1. The smallest absolute Gasteiger partial charge is 0.261 e. The molecule has 154 valence electrons. The van der Waals surface area contributed by atoms with E-state index in [1.54, 1.807) is 30.3 Å². The summed E-state index contributed by atoms with van der Waals surface area (Å²) in [6.45, 7) is 2.25. The highest BCUT2D eigenvalue weighted by Gasteiger charge is 2.24. The van der Waals surface area contributed by atoms with Crippen molar-refractivity contribution in [2.45, 2.75) is 43.5 Å². The first-order valence-corrected chi connectivity index (χ1v) is 11.2. The van der Waals surface area contributed by atoms with E-state index in [1.807, 2.05) is 0 Å². The highest BCUT2D eigenvalue weighted by molar-refractivity contribution is 7.92. The fraction of sp³-hybridized carbons (Fsp3) is 0.381. The first-order valence-electron chi connectivity index (χ1n) is 9.76. The van der Waals surface area contributed by atoms with Gasteiger partial charge in [-0.25, -0.2) is 8.42 Å². The van der Waals surface area contributed by atoms with Gasteiger partial charge in [-0.1, -0.05) is 25.8 Å². The summed E-state index contributed by atoms with van der Waals surface area (Å²) >= 11 is 0. The predicted molar refractivity (Wildman–Crippen MR) is 109 cm³/mol. The van der Waals surface area contributed by atoms with Crippen molar-refractivity contribution in [2.75, 3.05) is 11.5 Å². The average Bonchev–Trinajstić information content (AvgIpc) is 3.17. The van der Waals surface area contributed by atoms with Gasteiger partial charge in [0.15, 0.2) is 11.5 Å². The van der Waals surface area contributed by atoms with E-state index >= 15 is 0 Å². The van der Waals surface area contributed by atoms with E-state index in [0.29, 0.717) is 28.7 Å². The number of fused-ring (bicyclic) bond motifs is 1. The molecular formula is C21H24N2O5S. The van der Waals surface area contributed by atoms with Gasteiger partial charge in [-0.2, -0.15) is 0 Å². The third kappa shape index (κ3) is 4.32. The fourth-order valence-electron chi connectivity index (χ4n) is 3.76. The standard InChI is InChI=1S/C21H24N2O5S/c1-14-5-2-3-8-18(14)22-21(24)15-6-4-7-17(11-15)29(25,26)23-16-9-10-19-20(12-16)28-13-27-19/h4,6-7,9-12,14,18,23H,2-3,5,8,13H2,1H3,(H,22,24)/t14-,18+/m0/s1. The summed E-state index contributed by atoms with van der Waals surface area (Å²) in [5.41, 5.74) is 0.691. The zero-order valence-electron chi connectivity index (χ0n) is 16.2. The molecule has 2 aliphatic rings. The summed E-state index contributed by atoms with van der Waals surface area (Å²) in [5.74, 6) is 1.24. The number of ether oxygens (including phenoxy) is 2. The van der Waals surface area contributed by atoms with Crippen LogP contribution < -0.4 is 19.5 Å². The molecule has 1 amide bonds. The number of carbonyl (C=O) groups is 1. The predicted octanol–water partition coefficient (Wildman–Crippen LogP) is 3.52. The Labute approximate surface area is 170 Å². The molecule has 8 heteroatoms. The van der Waals surface area contributed by atoms with Gasteiger partial charge in [0.25, 0.3) is 15.9 Å². The Bertz CT molecular complexity index is 1020. The second kappa shape index (κ2) is 7.94. The van der Waals surface area contributed by atoms with E-state index in [4.69, 9.17) is 9.47 Å². The Balaban J connectivity index is 1.50. The second-order valence-corrected chi connectivity index (χ2v) is 9.23. The molecule has 0 aromatic heterocycles. The van der Waals surface area contributed by atoms with E-state index in [0.717, 1.165) is 19.3 Å². The first-order chi connectivity index (χ1) is 13.9. The van der Waals surface area contributed by atoms with Crippen LogP contribution >= 0.6 is 0 Å². The Hall–Kier alpha value is -2.74. The quantitative estimate of drug-likeness (QED) is 0.778. The van der Waals surface area contributed by atoms with Crippen LogP contribution in [0.15, 0.2) is 47.4 Å². The molecule has 2 N–H and O–H groups in total. The lowest BCUT2D eigenvalue weighted by molar-refractivity contribution is 0.0910. The number of benzene rings is 2. The molecule has 4 rings (SSSR count). The van der Waals surface area contributed by atoms with Crippen LogP contribution in [0.25, 0.3) is 0 Å². The lowest BCUT2D eigenvalue weighted by Crippen LogP contribution is -2.41. The normalized spacial score (nSPS) is 20.9. The van der Waals surface area contributed by atoms with Gasteiger partial charge in [0.1, 0.15) is 0 Å². The maximum Gasteiger partial charge on any atom is 0.261 e. The fourth-order valence-corrected chi connectivity index (χ4v) is 4.86. The maximum atomic E-state index is 12.8. The van der Waals surface area contributed by atoms with Crippen molar-refractivity contribution in [2.24, 2.45) is 5.92 Å². The number of sulfonamides is 1. The summed E-state index contributed by atoms with van der Waals surface area (Å²) in [4.78, 5) is 12.7. The number of anilines is 1. The second-order valence-electron chi connectivity index (χ2n) is 7.54. The van der Waals surface area contributed by atoms with Crippen molar-refractivity contribution in [3.63, 3.8) is 0 Å². The highest BCUT2D eigenvalue weighted by Crippen LogP contribution is 2.34. The molecule has 1 heterocycles. The van der Waals surface area contributed by atoms with Crippen LogP contribution in [0.1, 0.15) is 43.0 Å². The summed E-state index contributed by atoms with van der Waals surface area (Å²) in [6, 6.07) is 11.0. The molecule has 1 saturated carbocycles. The molecule has 1 aliphatic carbocycles. The molecule has 2 aromatic rings. The van der Waals surface area contributed by atoms with Crippen molar-refractivity contribution < 1.29 is 22.7 Å². The topological polar surface area (TPSA) is 93.7 Å². The van der Waals surface area contributed by atoms with Gasteiger partial charge in [-0.3, -0.25) is 9.52 Å². The van der Waals surface area contributed by atoms with Crippen LogP contribution in [0.4, 0.5) is 5.69 Å². The van der Waals surface area contributed by atoms with Crippen LogP contribution in [-0.2, 0) is 10.0 Å². The molecule has 7 nitrogen and oxygen atoms in total. The van der Waals surface area contributed by atoms with Gasteiger partial charge in [0.2, 0.25) is 6.79 Å². The van der Waals surface area contributed by atoms with Gasteiger partial charge >= 0.3 is 0 Å². The third-order valence-electron chi connectivity index (χ3n) is 5.46. The van der Waals surface area contributed by atoms with Crippen molar-refractivity contribution in [3.05, 3.63) is 48.0 Å². The van der Waals surface area contributed by atoms with Gasteiger partial charge in [0, 0.05) is 17.7 Å². The Morgan fingerprint density at radius 1 is 1.03 bits per heavy atom. The summed E-state index contributed by atoms with van der Waals surface area (Å²) in [5, 5.41) is 3.06. The van der Waals surface area contributed by atoms with E-state index in [2.05, 4.69) is 17.0 Å². The summed E-state index contributed by atoms with van der Waals surface area (Å²) in [6.07, 6.45) is 4.34.